The van der Waals surface area contributed by atoms with Crippen LogP contribution in [0.15, 0.2) is 6.33 Å². The zero-order valence-corrected chi connectivity index (χ0v) is 13.6. The maximum atomic E-state index is 10.4. The van der Waals surface area contributed by atoms with Crippen molar-refractivity contribution in [3.8, 4) is 0 Å². The summed E-state index contributed by atoms with van der Waals surface area (Å²) >= 11 is 4.25. The van der Waals surface area contributed by atoms with E-state index in [0.717, 1.165) is 18.7 Å². The largest absolute Gasteiger partial charge is 0.387 e. The minimum Gasteiger partial charge on any atom is -0.387 e. The van der Waals surface area contributed by atoms with Gasteiger partial charge in [-0.05, 0) is 12.8 Å². The fourth-order valence-corrected chi connectivity index (χ4v) is 3.46. The first-order chi connectivity index (χ1) is 11.2. The SMILES string of the molecule is CO[C@@H]1[C@H](O)[C@@H](CS)O[C@H]1n1c(C2CC2)nc2c(N)ncnc21. The van der Waals surface area contributed by atoms with Crippen molar-refractivity contribution in [2.45, 2.75) is 43.3 Å². The van der Waals surface area contributed by atoms with Crippen LogP contribution in [0.3, 0.4) is 0 Å². The van der Waals surface area contributed by atoms with E-state index >= 15 is 0 Å². The van der Waals surface area contributed by atoms with E-state index in [1.54, 1.807) is 7.11 Å². The molecule has 1 saturated heterocycles. The molecule has 1 aliphatic carbocycles. The van der Waals surface area contributed by atoms with Crippen LogP contribution in [0, 0.1) is 0 Å². The fourth-order valence-electron chi connectivity index (χ4n) is 3.16. The molecule has 0 radical (unpaired) electrons. The van der Waals surface area contributed by atoms with Crippen LogP contribution < -0.4 is 5.73 Å². The zero-order chi connectivity index (χ0) is 16.1. The number of ether oxygens (including phenoxy) is 2. The maximum absolute atomic E-state index is 10.4. The maximum Gasteiger partial charge on any atom is 0.167 e. The normalized spacial score (nSPS) is 31.1. The number of aliphatic hydroxyl groups excluding tert-OH is 1. The third kappa shape index (κ3) is 2.30. The van der Waals surface area contributed by atoms with Crippen LogP contribution in [0.5, 0.6) is 0 Å². The number of aliphatic hydroxyl groups is 1. The van der Waals surface area contributed by atoms with Crippen molar-refractivity contribution in [3.63, 3.8) is 0 Å². The highest BCUT2D eigenvalue weighted by molar-refractivity contribution is 7.80. The highest BCUT2D eigenvalue weighted by Gasteiger charge is 2.47. The number of fused-ring (bicyclic) bond motifs is 1. The van der Waals surface area contributed by atoms with Gasteiger partial charge in [-0.2, -0.15) is 12.6 Å². The van der Waals surface area contributed by atoms with Crippen molar-refractivity contribution in [2.24, 2.45) is 0 Å². The van der Waals surface area contributed by atoms with Crippen molar-refractivity contribution < 1.29 is 14.6 Å². The fraction of sp³-hybridized carbons (Fsp3) is 0.643. The molecule has 0 bridgehead atoms. The standard InChI is InChI=1S/C14H19N5O3S/c1-21-10-9(20)7(4-23)22-14(10)19-12(6-2-3-6)18-8-11(15)16-5-17-13(8)19/h5-7,9-10,14,20,23H,2-4H2,1H3,(H2,15,16,17)/t7-,9-,10-,14-/m1/s1. The number of hydrogen-bond acceptors (Lipinski definition) is 8. The number of rotatable bonds is 4. The first-order valence-corrected chi connectivity index (χ1v) is 8.24. The lowest BCUT2D eigenvalue weighted by atomic mass is 10.1. The highest BCUT2D eigenvalue weighted by atomic mass is 32.1. The summed E-state index contributed by atoms with van der Waals surface area (Å²) in [5.74, 6) is 1.97. The average Bonchev–Trinajstić information content (AvgIpc) is 3.24. The van der Waals surface area contributed by atoms with E-state index in [1.807, 2.05) is 4.57 Å². The summed E-state index contributed by atoms with van der Waals surface area (Å²) in [5.41, 5.74) is 7.12. The summed E-state index contributed by atoms with van der Waals surface area (Å²) in [6.45, 7) is 0. The summed E-state index contributed by atoms with van der Waals surface area (Å²) in [6, 6.07) is 0. The van der Waals surface area contributed by atoms with Crippen LogP contribution in [0.4, 0.5) is 5.82 Å². The predicted molar refractivity (Wildman–Crippen MR) is 86.3 cm³/mol. The molecule has 0 spiro atoms. The summed E-state index contributed by atoms with van der Waals surface area (Å²) in [7, 11) is 1.56. The van der Waals surface area contributed by atoms with Crippen molar-refractivity contribution in [1.29, 1.82) is 0 Å². The number of thiol groups is 1. The number of nitrogen functional groups attached to an aromatic ring is 1. The van der Waals surface area contributed by atoms with Crippen LogP contribution in [0.2, 0.25) is 0 Å². The lowest BCUT2D eigenvalue weighted by Gasteiger charge is -2.22. The minimum atomic E-state index is -0.758. The van der Waals surface area contributed by atoms with Gasteiger partial charge in [0.1, 0.15) is 24.4 Å². The van der Waals surface area contributed by atoms with Gasteiger partial charge in [-0.3, -0.25) is 4.57 Å². The summed E-state index contributed by atoms with van der Waals surface area (Å²) < 4.78 is 13.4. The van der Waals surface area contributed by atoms with E-state index in [9.17, 15) is 5.11 Å². The van der Waals surface area contributed by atoms with Crippen molar-refractivity contribution >= 4 is 29.6 Å². The Balaban J connectivity index is 1.87. The molecule has 0 amide bonds. The third-order valence-corrected chi connectivity index (χ3v) is 4.85. The van der Waals surface area contributed by atoms with E-state index in [0.29, 0.717) is 28.7 Å². The quantitative estimate of drug-likeness (QED) is 0.697. The summed E-state index contributed by atoms with van der Waals surface area (Å²) in [6.07, 6.45) is 1.36. The molecule has 3 heterocycles. The molecule has 2 fully saturated rings. The first kappa shape index (κ1) is 15.1. The van der Waals surface area contributed by atoms with Gasteiger partial charge in [0.05, 0.1) is 6.10 Å². The Morgan fingerprint density at radius 1 is 1.48 bits per heavy atom. The number of imidazole rings is 1. The third-order valence-electron chi connectivity index (χ3n) is 4.49. The number of nitrogens with zero attached hydrogens (tertiary/aromatic N) is 4. The van der Waals surface area contributed by atoms with Crippen molar-refractivity contribution in [1.82, 2.24) is 19.5 Å². The molecule has 23 heavy (non-hydrogen) atoms. The van der Waals surface area contributed by atoms with Crippen LogP contribution in [-0.2, 0) is 9.47 Å². The van der Waals surface area contributed by atoms with E-state index in [4.69, 9.17) is 15.2 Å². The second-order valence-corrected chi connectivity index (χ2v) is 6.35. The molecule has 3 N–H and O–H groups in total. The molecule has 4 atom stereocenters. The van der Waals surface area contributed by atoms with Crippen LogP contribution >= 0.6 is 12.6 Å². The molecule has 1 saturated carbocycles. The monoisotopic (exact) mass is 337 g/mol. The average molecular weight is 337 g/mol. The molecule has 0 unspecified atom stereocenters. The number of methoxy groups -OCH3 is 1. The zero-order valence-electron chi connectivity index (χ0n) is 12.7. The van der Waals surface area contributed by atoms with Gasteiger partial charge in [0.25, 0.3) is 0 Å². The van der Waals surface area contributed by atoms with Crippen LogP contribution in [0.1, 0.15) is 30.8 Å². The summed E-state index contributed by atoms with van der Waals surface area (Å²) in [5, 5.41) is 10.4. The summed E-state index contributed by atoms with van der Waals surface area (Å²) in [4.78, 5) is 13.0. The van der Waals surface area contributed by atoms with Gasteiger partial charge in [0.15, 0.2) is 23.2 Å². The molecule has 2 aromatic heterocycles. The van der Waals surface area contributed by atoms with E-state index in [2.05, 4.69) is 27.6 Å². The Bertz CT molecular complexity index is 735. The Morgan fingerprint density at radius 2 is 2.26 bits per heavy atom. The van der Waals surface area contributed by atoms with Gasteiger partial charge >= 0.3 is 0 Å². The van der Waals surface area contributed by atoms with Gasteiger partial charge in [-0.1, -0.05) is 0 Å². The minimum absolute atomic E-state index is 0.342. The van der Waals surface area contributed by atoms with Gasteiger partial charge < -0.3 is 20.3 Å². The molecule has 124 valence electrons. The lowest BCUT2D eigenvalue weighted by molar-refractivity contribution is -0.0480. The first-order valence-electron chi connectivity index (χ1n) is 7.61. The van der Waals surface area contributed by atoms with E-state index in [1.165, 1.54) is 6.33 Å². The second-order valence-electron chi connectivity index (χ2n) is 5.98. The molecule has 8 nitrogen and oxygen atoms in total. The van der Waals surface area contributed by atoms with Gasteiger partial charge in [0.2, 0.25) is 0 Å². The molecule has 4 rings (SSSR count). The topological polar surface area (TPSA) is 108 Å². The Morgan fingerprint density at radius 3 is 2.91 bits per heavy atom. The molecular weight excluding hydrogens is 318 g/mol. The second kappa shape index (κ2) is 5.59. The van der Waals surface area contributed by atoms with Crippen LogP contribution in [-0.4, -0.2) is 55.8 Å². The highest BCUT2D eigenvalue weighted by Crippen LogP contribution is 2.44. The Hall–Kier alpha value is -1.42. The molecular formula is C14H19N5O3S. The van der Waals surface area contributed by atoms with Gasteiger partial charge in [0, 0.05) is 18.8 Å². The van der Waals surface area contributed by atoms with Gasteiger partial charge in [-0.15, -0.1) is 0 Å². The molecule has 9 heteroatoms. The van der Waals surface area contributed by atoms with E-state index < -0.39 is 24.5 Å². The number of aromatic nitrogens is 4. The molecule has 1 aliphatic heterocycles. The smallest absolute Gasteiger partial charge is 0.167 e. The lowest BCUT2D eigenvalue weighted by Crippen LogP contribution is -2.34. The van der Waals surface area contributed by atoms with Crippen molar-refractivity contribution in [3.05, 3.63) is 12.2 Å². The predicted octanol–water partition coefficient (Wildman–Crippen LogP) is 0.489. The van der Waals surface area contributed by atoms with E-state index in [-0.39, 0.29) is 0 Å². The molecule has 0 aromatic carbocycles. The van der Waals surface area contributed by atoms with Crippen molar-refractivity contribution in [2.75, 3.05) is 18.6 Å². The number of hydrogen-bond donors (Lipinski definition) is 3. The van der Waals surface area contributed by atoms with Crippen LogP contribution in [0.25, 0.3) is 11.2 Å². The Labute approximate surface area is 138 Å². The molecule has 2 aliphatic rings. The Kier molecular flexibility index (Phi) is 3.67. The number of nitrogens with two attached hydrogens (primary N) is 1. The molecule has 2 aromatic rings. The van der Waals surface area contributed by atoms with Gasteiger partial charge in [-0.25, -0.2) is 15.0 Å². The number of anilines is 1.